The number of thioether (sulfide) groups is 1. The minimum Gasteiger partial charge on any atom is -0.491 e. The molecule has 2 rings (SSSR count). The summed E-state index contributed by atoms with van der Waals surface area (Å²) in [7, 11) is 0. The van der Waals surface area contributed by atoms with Gasteiger partial charge < -0.3 is 9.72 Å². The van der Waals surface area contributed by atoms with Gasteiger partial charge >= 0.3 is 0 Å². The van der Waals surface area contributed by atoms with Crippen LogP contribution in [0.3, 0.4) is 0 Å². The number of aromatic amines is 1. The first-order valence-corrected chi connectivity index (χ1v) is 7.34. The molecule has 0 saturated carbocycles. The first-order valence-electron chi connectivity index (χ1n) is 6.11. The van der Waals surface area contributed by atoms with Crippen molar-refractivity contribution < 1.29 is 9.13 Å². The van der Waals surface area contributed by atoms with Gasteiger partial charge in [0, 0.05) is 5.56 Å². The molecule has 0 spiro atoms. The van der Waals surface area contributed by atoms with E-state index in [1.807, 2.05) is 0 Å². The highest BCUT2D eigenvalue weighted by Crippen LogP contribution is 2.26. The lowest BCUT2D eigenvalue weighted by molar-refractivity contribution is 0.321. The molecular weight excluding hydrogens is 293 g/mol. The summed E-state index contributed by atoms with van der Waals surface area (Å²) in [6.45, 7) is 2.10. The molecule has 0 saturated heterocycles. The van der Waals surface area contributed by atoms with E-state index in [9.17, 15) is 9.18 Å². The standard InChI is InChI=1S/C14H12FN3O2S/c1-3-20-11-5-4-8(6-10(11)15)12-9(7-16)13(19)18-14(17-12)21-2/h4-6H,3H2,1-2H3,(H,17,18,19). The smallest absolute Gasteiger partial charge is 0.270 e. The first-order chi connectivity index (χ1) is 10.1. The highest BCUT2D eigenvalue weighted by molar-refractivity contribution is 7.98. The van der Waals surface area contributed by atoms with Crippen molar-refractivity contribution >= 4 is 11.8 Å². The van der Waals surface area contributed by atoms with Gasteiger partial charge in [0.2, 0.25) is 0 Å². The average Bonchev–Trinajstić information content (AvgIpc) is 2.48. The van der Waals surface area contributed by atoms with E-state index in [1.54, 1.807) is 25.3 Å². The molecule has 5 nitrogen and oxygen atoms in total. The summed E-state index contributed by atoms with van der Waals surface area (Å²) in [6, 6.07) is 6.04. The number of hydrogen-bond acceptors (Lipinski definition) is 5. The Morgan fingerprint density at radius 3 is 2.86 bits per heavy atom. The SMILES string of the molecule is CCOc1ccc(-c2nc(SC)[nH]c(=O)c2C#N)cc1F. The zero-order valence-electron chi connectivity index (χ0n) is 11.4. The van der Waals surface area contributed by atoms with Crippen LogP contribution in [-0.4, -0.2) is 22.8 Å². The molecule has 1 aromatic carbocycles. The number of ether oxygens (including phenoxy) is 1. The molecule has 0 aliphatic rings. The van der Waals surface area contributed by atoms with Gasteiger partial charge in [0.1, 0.15) is 11.6 Å². The summed E-state index contributed by atoms with van der Waals surface area (Å²) < 4.78 is 19.0. The number of nitrogens with zero attached hydrogens (tertiary/aromatic N) is 2. The van der Waals surface area contributed by atoms with Gasteiger partial charge in [-0.3, -0.25) is 4.79 Å². The molecule has 0 bridgehead atoms. The third-order valence-electron chi connectivity index (χ3n) is 2.71. The predicted molar refractivity (Wildman–Crippen MR) is 77.9 cm³/mol. The minimum atomic E-state index is -0.564. The molecule has 0 radical (unpaired) electrons. The van der Waals surface area contributed by atoms with E-state index in [0.29, 0.717) is 17.3 Å². The maximum absolute atomic E-state index is 13.9. The lowest BCUT2D eigenvalue weighted by atomic mass is 10.1. The van der Waals surface area contributed by atoms with Crippen molar-refractivity contribution in [1.29, 1.82) is 5.26 Å². The number of H-pyrrole nitrogens is 1. The zero-order chi connectivity index (χ0) is 15.4. The third kappa shape index (κ3) is 3.06. The molecule has 1 heterocycles. The van der Waals surface area contributed by atoms with Gasteiger partial charge in [0.05, 0.1) is 12.3 Å². The Kier molecular flexibility index (Phi) is 4.60. The Labute approximate surface area is 124 Å². The van der Waals surface area contributed by atoms with Gasteiger partial charge in [-0.2, -0.15) is 5.26 Å². The molecule has 1 aromatic heterocycles. The number of halogens is 1. The molecule has 0 fully saturated rings. The number of benzene rings is 1. The summed E-state index contributed by atoms with van der Waals surface area (Å²) in [5, 5.41) is 9.46. The van der Waals surface area contributed by atoms with Crippen LogP contribution in [0.5, 0.6) is 5.75 Å². The van der Waals surface area contributed by atoms with E-state index in [0.717, 1.165) is 0 Å². The summed E-state index contributed by atoms with van der Waals surface area (Å²) in [6.07, 6.45) is 1.74. The third-order valence-corrected chi connectivity index (χ3v) is 3.29. The molecule has 0 unspecified atom stereocenters. The second-order valence-electron chi connectivity index (χ2n) is 3.99. The number of rotatable bonds is 4. The zero-order valence-corrected chi connectivity index (χ0v) is 12.3. The molecule has 21 heavy (non-hydrogen) atoms. The van der Waals surface area contributed by atoms with Crippen molar-refractivity contribution in [2.45, 2.75) is 12.1 Å². The monoisotopic (exact) mass is 305 g/mol. The summed E-state index contributed by atoms with van der Waals surface area (Å²) >= 11 is 1.23. The lowest BCUT2D eigenvalue weighted by Crippen LogP contribution is -2.14. The van der Waals surface area contributed by atoms with Gasteiger partial charge in [-0.1, -0.05) is 11.8 Å². The van der Waals surface area contributed by atoms with Crippen molar-refractivity contribution in [1.82, 2.24) is 9.97 Å². The van der Waals surface area contributed by atoms with Crippen LogP contribution in [0.2, 0.25) is 0 Å². The minimum absolute atomic E-state index is 0.120. The Bertz CT molecular complexity index is 768. The lowest BCUT2D eigenvalue weighted by Gasteiger charge is -2.08. The highest BCUT2D eigenvalue weighted by atomic mass is 32.2. The Balaban J connectivity index is 2.61. The van der Waals surface area contributed by atoms with Gasteiger partial charge in [0.25, 0.3) is 5.56 Å². The quantitative estimate of drug-likeness (QED) is 0.694. The van der Waals surface area contributed by atoms with Gasteiger partial charge in [-0.25, -0.2) is 9.37 Å². The van der Waals surface area contributed by atoms with E-state index in [2.05, 4.69) is 9.97 Å². The topological polar surface area (TPSA) is 78.8 Å². The van der Waals surface area contributed by atoms with Crippen molar-refractivity contribution in [3.63, 3.8) is 0 Å². The molecule has 0 aliphatic carbocycles. The molecule has 7 heteroatoms. The van der Waals surface area contributed by atoms with E-state index in [-0.39, 0.29) is 17.0 Å². The number of aromatic nitrogens is 2. The van der Waals surface area contributed by atoms with Gasteiger partial charge in [0.15, 0.2) is 16.7 Å². The van der Waals surface area contributed by atoms with Gasteiger partial charge in [-0.05, 0) is 31.4 Å². The van der Waals surface area contributed by atoms with Crippen molar-refractivity contribution in [2.75, 3.05) is 12.9 Å². The van der Waals surface area contributed by atoms with E-state index >= 15 is 0 Å². The molecule has 0 amide bonds. The van der Waals surface area contributed by atoms with Gasteiger partial charge in [-0.15, -0.1) is 0 Å². The van der Waals surface area contributed by atoms with Crippen molar-refractivity contribution in [3.05, 3.63) is 39.9 Å². The van der Waals surface area contributed by atoms with E-state index < -0.39 is 11.4 Å². The Morgan fingerprint density at radius 2 is 2.29 bits per heavy atom. The summed E-state index contributed by atoms with van der Waals surface area (Å²) in [5.41, 5.74) is -0.168. The number of nitriles is 1. The normalized spacial score (nSPS) is 10.2. The van der Waals surface area contributed by atoms with Crippen LogP contribution in [0, 0.1) is 17.1 Å². The predicted octanol–water partition coefficient (Wildman–Crippen LogP) is 2.57. The van der Waals surface area contributed by atoms with E-state index in [1.165, 1.54) is 23.9 Å². The van der Waals surface area contributed by atoms with Crippen LogP contribution in [0.25, 0.3) is 11.3 Å². The van der Waals surface area contributed by atoms with Crippen LogP contribution < -0.4 is 10.3 Å². The van der Waals surface area contributed by atoms with Crippen LogP contribution in [0.1, 0.15) is 12.5 Å². The summed E-state index contributed by atoms with van der Waals surface area (Å²) in [4.78, 5) is 18.5. The second kappa shape index (κ2) is 6.41. The van der Waals surface area contributed by atoms with Crippen molar-refractivity contribution in [2.24, 2.45) is 0 Å². The molecule has 2 aromatic rings. The number of nitrogens with one attached hydrogen (secondary N) is 1. The molecule has 1 N–H and O–H groups in total. The molecule has 0 aliphatic heterocycles. The maximum atomic E-state index is 13.9. The fraction of sp³-hybridized carbons (Fsp3) is 0.214. The highest BCUT2D eigenvalue weighted by Gasteiger charge is 2.15. The Hall–Kier alpha value is -2.33. The van der Waals surface area contributed by atoms with Crippen LogP contribution in [-0.2, 0) is 0 Å². The van der Waals surface area contributed by atoms with Crippen molar-refractivity contribution in [3.8, 4) is 23.1 Å². The molecule has 0 atom stereocenters. The van der Waals surface area contributed by atoms with Crippen LogP contribution in [0.4, 0.5) is 4.39 Å². The number of hydrogen-bond donors (Lipinski definition) is 1. The largest absolute Gasteiger partial charge is 0.491 e. The Morgan fingerprint density at radius 1 is 1.52 bits per heavy atom. The van der Waals surface area contributed by atoms with E-state index in [4.69, 9.17) is 10.00 Å². The maximum Gasteiger partial charge on any atom is 0.270 e. The summed E-state index contributed by atoms with van der Waals surface area (Å²) in [5.74, 6) is -0.444. The molecular formula is C14H12FN3O2S. The average molecular weight is 305 g/mol. The fourth-order valence-corrected chi connectivity index (χ4v) is 2.16. The fourth-order valence-electron chi connectivity index (χ4n) is 1.78. The molecule has 108 valence electrons. The van der Waals surface area contributed by atoms with Crippen LogP contribution in [0.15, 0.2) is 28.2 Å². The first kappa shape index (κ1) is 15.1. The van der Waals surface area contributed by atoms with Crippen LogP contribution >= 0.6 is 11.8 Å². The second-order valence-corrected chi connectivity index (χ2v) is 4.78.